The van der Waals surface area contributed by atoms with Crippen LogP contribution >= 0.6 is 27.3 Å². The number of hydrogen-bond acceptors (Lipinski definition) is 4. The van der Waals surface area contributed by atoms with Crippen LogP contribution in [-0.4, -0.2) is 15.9 Å². The second-order valence-corrected chi connectivity index (χ2v) is 5.15. The van der Waals surface area contributed by atoms with E-state index < -0.39 is 0 Å². The minimum Gasteiger partial charge on any atom is -0.296 e. The summed E-state index contributed by atoms with van der Waals surface area (Å²) in [6.07, 6.45) is 3.29. The molecule has 0 fully saturated rings. The number of anilines is 1. The largest absolute Gasteiger partial charge is 0.296 e. The first kappa shape index (κ1) is 11.2. The van der Waals surface area contributed by atoms with Crippen LogP contribution in [0.25, 0.3) is 0 Å². The maximum atomic E-state index is 11.8. The quantitative estimate of drug-likeness (QED) is 0.927. The molecule has 0 aliphatic carbocycles. The summed E-state index contributed by atoms with van der Waals surface area (Å²) in [6.45, 7) is 1.93. The van der Waals surface area contributed by atoms with Crippen LogP contribution in [0, 0.1) is 6.92 Å². The molecule has 0 aromatic carbocycles. The number of carbonyl (C=O) groups is 1. The zero-order valence-electron chi connectivity index (χ0n) is 8.40. The predicted molar refractivity (Wildman–Crippen MR) is 66.7 cm³/mol. The van der Waals surface area contributed by atoms with Gasteiger partial charge < -0.3 is 0 Å². The van der Waals surface area contributed by atoms with Gasteiger partial charge in [-0.2, -0.15) is 0 Å². The van der Waals surface area contributed by atoms with E-state index in [1.807, 2.05) is 6.92 Å². The molecule has 1 amide bonds. The van der Waals surface area contributed by atoms with Crippen molar-refractivity contribution in [1.82, 2.24) is 9.97 Å². The van der Waals surface area contributed by atoms with E-state index in [4.69, 9.17) is 0 Å². The van der Waals surface area contributed by atoms with Crippen LogP contribution in [0.15, 0.2) is 29.0 Å². The number of thiazole rings is 1. The fourth-order valence-corrected chi connectivity index (χ4v) is 2.22. The fraction of sp³-hybridized carbons (Fsp3) is 0.100. The Bertz CT molecular complexity index is 526. The van der Waals surface area contributed by atoms with Crippen molar-refractivity contribution >= 4 is 38.3 Å². The highest BCUT2D eigenvalue weighted by molar-refractivity contribution is 9.10. The van der Waals surface area contributed by atoms with Crippen molar-refractivity contribution in [3.8, 4) is 0 Å². The third kappa shape index (κ3) is 2.45. The predicted octanol–water partition coefficient (Wildman–Crippen LogP) is 2.86. The maximum absolute atomic E-state index is 11.8. The third-order valence-corrected chi connectivity index (χ3v) is 3.28. The van der Waals surface area contributed by atoms with Gasteiger partial charge in [0, 0.05) is 21.7 Å². The van der Waals surface area contributed by atoms with E-state index in [1.165, 1.54) is 11.3 Å². The van der Waals surface area contributed by atoms with E-state index in [-0.39, 0.29) is 5.91 Å². The van der Waals surface area contributed by atoms with Crippen LogP contribution < -0.4 is 5.32 Å². The van der Waals surface area contributed by atoms with Gasteiger partial charge in [-0.25, -0.2) is 9.97 Å². The highest BCUT2D eigenvalue weighted by atomic mass is 79.9. The molecule has 0 spiro atoms. The van der Waals surface area contributed by atoms with E-state index in [9.17, 15) is 4.79 Å². The first-order valence-electron chi connectivity index (χ1n) is 4.51. The number of halogens is 1. The topological polar surface area (TPSA) is 54.9 Å². The van der Waals surface area contributed by atoms with Crippen molar-refractivity contribution in [2.75, 3.05) is 5.32 Å². The summed E-state index contributed by atoms with van der Waals surface area (Å²) in [7, 11) is 0. The van der Waals surface area contributed by atoms with Crippen LogP contribution in [-0.2, 0) is 0 Å². The molecule has 0 saturated carbocycles. The molecule has 2 aromatic heterocycles. The van der Waals surface area contributed by atoms with Crippen molar-refractivity contribution in [3.05, 3.63) is 39.6 Å². The average Bonchev–Trinajstić information content (AvgIpc) is 2.64. The van der Waals surface area contributed by atoms with Crippen molar-refractivity contribution in [2.45, 2.75) is 6.92 Å². The van der Waals surface area contributed by atoms with Crippen LogP contribution in [0.5, 0.6) is 0 Å². The highest BCUT2D eigenvalue weighted by Crippen LogP contribution is 2.19. The number of rotatable bonds is 2. The van der Waals surface area contributed by atoms with Crippen LogP contribution in [0.3, 0.4) is 0 Å². The lowest BCUT2D eigenvalue weighted by atomic mass is 10.3. The van der Waals surface area contributed by atoms with Crippen LogP contribution in [0.2, 0.25) is 0 Å². The van der Waals surface area contributed by atoms with Crippen LogP contribution in [0.1, 0.15) is 15.4 Å². The highest BCUT2D eigenvalue weighted by Gasteiger charge is 2.12. The Labute approximate surface area is 105 Å². The number of aryl methyl sites for hydroxylation is 1. The minimum absolute atomic E-state index is 0.262. The molecule has 16 heavy (non-hydrogen) atoms. The Morgan fingerprint density at radius 2 is 2.31 bits per heavy atom. The Morgan fingerprint density at radius 3 is 2.94 bits per heavy atom. The van der Waals surface area contributed by atoms with Gasteiger partial charge in [0.25, 0.3) is 5.91 Å². The monoisotopic (exact) mass is 297 g/mol. The summed E-state index contributed by atoms with van der Waals surface area (Å²) in [5, 5.41) is 3.28. The smallest absolute Gasteiger partial charge is 0.277 e. The fourth-order valence-electron chi connectivity index (χ4n) is 1.12. The number of amides is 1. The zero-order chi connectivity index (χ0) is 11.5. The first-order chi connectivity index (χ1) is 7.66. The molecule has 0 aliphatic heterocycles. The number of nitrogens with one attached hydrogen (secondary N) is 1. The molecule has 0 atom stereocenters. The Balaban J connectivity index is 2.18. The number of hydrogen-bond donors (Lipinski definition) is 1. The van der Waals surface area contributed by atoms with E-state index in [0.717, 1.165) is 4.88 Å². The molecule has 0 aliphatic rings. The Hall–Kier alpha value is -1.27. The molecular formula is C10H8BrN3OS. The molecule has 2 rings (SSSR count). The van der Waals surface area contributed by atoms with Gasteiger partial charge in [0.05, 0.1) is 0 Å². The summed E-state index contributed by atoms with van der Waals surface area (Å²) in [4.78, 5) is 20.9. The van der Waals surface area contributed by atoms with Gasteiger partial charge in [-0.1, -0.05) is 0 Å². The number of carbonyl (C=O) groups excluding carboxylic acids is 1. The molecule has 0 bridgehead atoms. The number of nitrogens with zero attached hydrogens (tertiary/aromatic N) is 2. The molecule has 4 nitrogen and oxygen atoms in total. The van der Waals surface area contributed by atoms with Crippen molar-refractivity contribution < 1.29 is 4.79 Å². The standard InChI is InChI=1S/C10H8BrN3OS/c1-6-5-13-10(16-6)14-9(15)8-7(11)3-2-4-12-8/h2-5H,1H3,(H,13,14,15). The van der Waals surface area contributed by atoms with E-state index >= 15 is 0 Å². The van der Waals surface area contributed by atoms with Crippen molar-refractivity contribution in [1.29, 1.82) is 0 Å². The van der Waals surface area contributed by atoms with E-state index in [2.05, 4.69) is 31.2 Å². The summed E-state index contributed by atoms with van der Waals surface area (Å²) < 4.78 is 0.667. The molecule has 82 valence electrons. The molecule has 2 aromatic rings. The van der Waals surface area contributed by atoms with E-state index in [0.29, 0.717) is 15.3 Å². The zero-order valence-corrected chi connectivity index (χ0v) is 10.8. The minimum atomic E-state index is -0.262. The van der Waals surface area contributed by atoms with Crippen LogP contribution in [0.4, 0.5) is 5.13 Å². The van der Waals surface area contributed by atoms with Crippen molar-refractivity contribution in [2.24, 2.45) is 0 Å². The van der Waals surface area contributed by atoms with Gasteiger partial charge in [-0.3, -0.25) is 10.1 Å². The van der Waals surface area contributed by atoms with Gasteiger partial charge >= 0.3 is 0 Å². The Morgan fingerprint density at radius 1 is 1.50 bits per heavy atom. The molecule has 2 heterocycles. The number of pyridine rings is 1. The normalized spacial score (nSPS) is 10.1. The maximum Gasteiger partial charge on any atom is 0.277 e. The number of aromatic nitrogens is 2. The molecular weight excluding hydrogens is 290 g/mol. The lowest BCUT2D eigenvalue weighted by Crippen LogP contribution is -2.13. The summed E-state index contributed by atoms with van der Waals surface area (Å²) in [5.74, 6) is -0.262. The second-order valence-electron chi connectivity index (χ2n) is 3.06. The third-order valence-electron chi connectivity index (χ3n) is 1.82. The summed E-state index contributed by atoms with van der Waals surface area (Å²) in [5.41, 5.74) is 0.357. The Kier molecular flexibility index (Phi) is 3.31. The second kappa shape index (κ2) is 4.71. The molecule has 0 radical (unpaired) electrons. The molecule has 1 N–H and O–H groups in total. The average molecular weight is 298 g/mol. The van der Waals surface area contributed by atoms with E-state index in [1.54, 1.807) is 24.5 Å². The molecule has 0 saturated heterocycles. The summed E-state index contributed by atoms with van der Waals surface area (Å²) >= 11 is 4.71. The molecule has 6 heteroatoms. The van der Waals surface area contributed by atoms with Gasteiger partial charge in [-0.05, 0) is 35.0 Å². The first-order valence-corrected chi connectivity index (χ1v) is 6.12. The molecule has 0 unspecified atom stereocenters. The summed E-state index contributed by atoms with van der Waals surface area (Å²) in [6, 6.07) is 3.53. The van der Waals surface area contributed by atoms with Gasteiger partial charge in [-0.15, -0.1) is 11.3 Å². The van der Waals surface area contributed by atoms with Crippen molar-refractivity contribution in [3.63, 3.8) is 0 Å². The lowest BCUT2D eigenvalue weighted by molar-refractivity contribution is 0.102. The van der Waals surface area contributed by atoms with Gasteiger partial charge in [0.15, 0.2) is 5.13 Å². The SMILES string of the molecule is Cc1cnc(NC(=O)c2ncccc2Br)s1. The van der Waals surface area contributed by atoms with Gasteiger partial charge in [0.1, 0.15) is 5.69 Å². The lowest BCUT2D eigenvalue weighted by Gasteiger charge is -2.02. The van der Waals surface area contributed by atoms with Gasteiger partial charge in [0.2, 0.25) is 0 Å².